The van der Waals surface area contributed by atoms with E-state index in [1.54, 1.807) is 13.0 Å². The van der Waals surface area contributed by atoms with E-state index in [9.17, 15) is 4.79 Å². The Labute approximate surface area is 130 Å². The highest BCUT2D eigenvalue weighted by atomic mass is 16.1. The highest BCUT2D eigenvalue weighted by Gasteiger charge is 2.03. The SMILES string of the molecule is CC(=O)c1cccc(Nc2cc(NCCN(C)C)ncn2)c1. The quantitative estimate of drug-likeness (QED) is 0.765. The van der Waals surface area contributed by atoms with Crippen molar-refractivity contribution < 1.29 is 4.79 Å². The first-order valence-electron chi connectivity index (χ1n) is 7.13. The number of ketones is 1. The van der Waals surface area contributed by atoms with Crippen LogP contribution in [0.5, 0.6) is 0 Å². The van der Waals surface area contributed by atoms with Gasteiger partial charge in [-0.3, -0.25) is 4.79 Å². The van der Waals surface area contributed by atoms with Crippen molar-refractivity contribution in [2.75, 3.05) is 37.8 Å². The first-order valence-corrected chi connectivity index (χ1v) is 7.13. The average Bonchev–Trinajstić information content (AvgIpc) is 2.47. The summed E-state index contributed by atoms with van der Waals surface area (Å²) in [5.41, 5.74) is 1.49. The number of carbonyl (C=O) groups excluding carboxylic acids is 1. The number of anilines is 3. The number of carbonyl (C=O) groups is 1. The van der Waals surface area contributed by atoms with Gasteiger partial charge in [-0.05, 0) is 33.2 Å². The summed E-state index contributed by atoms with van der Waals surface area (Å²) < 4.78 is 0. The van der Waals surface area contributed by atoms with Gasteiger partial charge in [0.1, 0.15) is 18.0 Å². The van der Waals surface area contributed by atoms with Crippen molar-refractivity contribution in [3.8, 4) is 0 Å². The number of hydrogen-bond acceptors (Lipinski definition) is 6. The molecule has 2 N–H and O–H groups in total. The molecule has 0 spiro atoms. The van der Waals surface area contributed by atoms with Crippen molar-refractivity contribution in [1.29, 1.82) is 0 Å². The fourth-order valence-electron chi connectivity index (χ4n) is 1.89. The average molecular weight is 299 g/mol. The molecule has 0 atom stereocenters. The van der Waals surface area contributed by atoms with Gasteiger partial charge in [0.15, 0.2) is 5.78 Å². The third kappa shape index (κ3) is 4.82. The molecule has 2 aromatic rings. The van der Waals surface area contributed by atoms with Gasteiger partial charge < -0.3 is 15.5 Å². The number of hydrogen-bond donors (Lipinski definition) is 2. The van der Waals surface area contributed by atoms with E-state index in [0.717, 1.165) is 24.6 Å². The minimum absolute atomic E-state index is 0.0392. The fourth-order valence-corrected chi connectivity index (χ4v) is 1.89. The molecule has 1 heterocycles. The molecule has 6 heteroatoms. The molecule has 1 aromatic carbocycles. The van der Waals surface area contributed by atoms with Gasteiger partial charge in [0.25, 0.3) is 0 Å². The molecule has 0 bridgehead atoms. The van der Waals surface area contributed by atoms with E-state index in [1.165, 1.54) is 6.33 Å². The molecular formula is C16H21N5O. The van der Waals surface area contributed by atoms with Gasteiger partial charge in [-0.25, -0.2) is 9.97 Å². The molecule has 2 rings (SSSR count). The molecule has 6 nitrogen and oxygen atoms in total. The topological polar surface area (TPSA) is 70.2 Å². The molecule has 0 unspecified atom stereocenters. The van der Waals surface area contributed by atoms with E-state index >= 15 is 0 Å². The van der Waals surface area contributed by atoms with Crippen LogP contribution in [-0.2, 0) is 0 Å². The summed E-state index contributed by atoms with van der Waals surface area (Å²) in [4.78, 5) is 21.9. The van der Waals surface area contributed by atoms with Crippen LogP contribution in [0.25, 0.3) is 0 Å². The minimum Gasteiger partial charge on any atom is -0.369 e. The van der Waals surface area contributed by atoms with E-state index in [1.807, 2.05) is 38.4 Å². The summed E-state index contributed by atoms with van der Waals surface area (Å²) in [6, 6.07) is 9.19. The number of benzene rings is 1. The standard InChI is InChI=1S/C16H21N5O/c1-12(22)13-5-4-6-14(9-13)20-16-10-15(18-11-19-16)17-7-8-21(2)3/h4-6,9-11H,7-8H2,1-3H3,(H2,17,18,19,20). The molecule has 0 aliphatic rings. The number of Topliss-reactive ketones (excluding diaryl/α,β-unsaturated/α-hetero) is 1. The summed E-state index contributed by atoms with van der Waals surface area (Å²) in [7, 11) is 4.05. The second kappa shape index (κ2) is 7.51. The predicted octanol–water partition coefficient (Wildman–Crippen LogP) is 2.40. The third-order valence-electron chi connectivity index (χ3n) is 3.07. The highest BCUT2D eigenvalue weighted by Crippen LogP contribution is 2.17. The van der Waals surface area contributed by atoms with Crippen LogP contribution in [0.1, 0.15) is 17.3 Å². The van der Waals surface area contributed by atoms with Crippen LogP contribution in [-0.4, -0.2) is 47.8 Å². The van der Waals surface area contributed by atoms with Crippen molar-refractivity contribution in [1.82, 2.24) is 14.9 Å². The molecular weight excluding hydrogens is 278 g/mol. The molecule has 0 aliphatic carbocycles. The summed E-state index contributed by atoms with van der Waals surface area (Å²) in [6.45, 7) is 3.28. The zero-order valence-corrected chi connectivity index (χ0v) is 13.1. The zero-order valence-electron chi connectivity index (χ0n) is 13.1. The lowest BCUT2D eigenvalue weighted by atomic mass is 10.1. The van der Waals surface area contributed by atoms with Gasteiger partial charge in [0, 0.05) is 30.4 Å². The molecule has 1 aromatic heterocycles. The highest BCUT2D eigenvalue weighted by molar-refractivity contribution is 5.95. The van der Waals surface area contributed by atoms with E-state index in [4.69, 9.17) is 0 Å². The molecule has 0 radical (unpaired) electrons. The van der Waals surface area contributed by atoms with Crippen molar-refractivity contribution in [3.63, 3.8) is 0 Å². The Morgan fingerprint density at radius 3 is 2.68 bits per heavy atom. The van der Waals surface area contributed by atoms with Crippen molar-refractivity contribution >= 4 is 23.1 Å². The van der Waals surface area contributed by atoms with Gasteiger partial charge in [-0.2, -0.15) is 0 Å². The Hall–Kier alpha value is -2.47. The van der Waals surface area contributed by atoms with Crippen LogP contribution in [0.2, 0.25) is 0 Å². The first kappa shape index (κ1) is 15.9. The molecule has 0 saturated carbocycles. The molecule has 0 fully saturated rings. The molecule has 0 aliphatic heterocycles. The van der Waals surface area contributed by atoms with Crippen molar-refractivity contribution in [2.24, 2.45) is 0 Å². The molecule has 22 heavy (non-hydrogen) atoms. The Morgan fingerprint density at radius 1 is 1.18 bits per heavy atom. The van der Waals surface area contributed by atoms with Crippen LogP contribution >= 0.6 is 0 Å². The maximum absolute atomic E-state index is 11.4. The normalized spacial score (nSPS) is 10.5. The van der Waals surface area contributed by atoms with Crippen LogP contribution in [0, 0.1) is 0 Å². The maximum atomic E-state index is 11.4. The first-order chi connectivity index (χ1) is 10.5. The lowest BCUT2D eigenvalue weighted by Gasteiger charge is -2.11. The number of rotatable bonds is 7. The summed E-state index contributed by atoms with van der Waals surface area (Å²) >= 11 is 0. The fraction of sp³-hybridized carbons (Fsp3) is 0.312. The Kier molecular flexibility index (Phi) is 5.43. The van der Waals surface area contributed by atoms with Gasteiger partial charge in [-0.1, -0.05) is 12.1 Å². The second-order valence-corrected chi connectivity index (χ2v) is 5.28. The summed E-state index contributed by atoms with van der Waals surface area (Å²) in [6.07, 6.45) is 1.51. The maximum Gasteiger partial charge on any atom is 0.159 e. The molecule has 116 valence electrons. The van der Waals surface area contributed by atoms with Crippen LogP contribution < -0.4 is 10.6 Å². The Morgan fingerprint density at radius 2 is 1.95 bits per heavy atom. The number of likely N-dealkylation sites (N-methyl/N-ethyl adjacent to an activating group) is 1. The van der Waals surface area contributed by atoms with Gasteiger partial charge in [0.05, 0.1) is 0 Å². The van der Waals surface area contributed by atoms with E-state index in [0.29, 0.717) is 11.4 Å². The lowest BCUT2D eigenvalue weighted by Crippen LogP contribution is -2.21. The van der Waals surface area contributed by atoms with Crippen LogP contribution in [0.15, 0.2) is 36.7 Å². The van der Waals surface area contributed by atoms with E-state index < -0.39 is 0 Å². The monoisotopic (exact) mass is 299 g/mol. The van der Waals surface area contributed by atoms with Crippen LogP contribution in [0.4, 0.5) is 17.3 Å². The molecule has 0 amide bonds. The predicted molar refractivity (Wildman–Crippen MR) is 88.8 cm³/mol. The number of nitrogens with one attached hydrogen (secondary N) is 2. The smallest absolute Gasteiger partial charge is 0.159 e. The second-order valence-electron chi connectivity index (χ2n) is 5.28. The lowest BCUT2D eigenvalue weighted by molar-refractivity contribution is 0.101. The van der Waals surface area contributed by atoms with Gasteiger partial charge in [0.2, 0.25) is 0 Å². The van der Waals surface area contributed by atoms with Gasteiger partial charge in [-0.15, -0.1) is 0 Å². The summed E-state index contributed by atoms with van der Waals surface area (Å²) in [5.74, 6) is 1.49. The van der Waals surface area contributed by atoms with Crippen molar-refractivity contribution in [3.05, 3.63) is 42.2 Å². The Balaban J connectivity index is 2.03. The Bertz CT molecular complexity index is 642. The summed E-state index contributed by atoms with van der Waals surface area (Å²) in [5, 5.41) is 6.43. The number of nitrogens with zero attached hydrogens (tertiary/aromatic N) is 3. The largest absolute Gasteiger partial charge is 0.369 e. The van der Waals surface area contributed by atoms with E-state index in [2.05, 4.69) is 25.5 Å². The van der Waals surface area contributed by atoms with E-state index in [-0.39, 0.29) is 5.78 Å². The van der Waals surface area contributed by atoms with Gasteiger partial charge >= 0.3 is 0 Å². The van der Waals surface area contributed by atoms with Crippen LogP contribution in [0.3, 0.4) is 0 Å². The van der Waals surface area contributed by atoms with Crippen molar-refractivity contribution in [2.45, 2.75) is 6.92 Å². The number of aromatic nitrogens is 2. The zero-order chi connectivity index (χ0) is 15.9. The minimum atomic E-state index is 0.0392. The molecule has 0 saturated heterocycles. The third-order valence-corrected chi connectivity index (χ3v) is 3.07.